The van der Waals surface area contributed by atoms with Crippen LogP contribution in [0, 0.1) is 5.92 Å². The molecule has 17 heavy (non-hydrogen) atoms. The van der Waals surface area contributed by atoms with Crippen molar-refractivity contribution in [1.82, 2.24) is 0 Å². The van der Waals surface area contributed by atoms with Gasteiger partial charge in [-0.15, -0.1) is 0 Å². The average molecular weight is 232 g/mol. The Morgan fingerprint density at radius 3 is 2.94 bits per heavy atom. The molecule has 1 aromatic rings. The standard InChI is InChI=1S/C15H20O2/c1-2-10-4-3-5-11(8-10)15(16)13-9-12-6-7-14(13)17-12/h3-5,8,12-16H,2,6-7,9H2,1H3. The lowest BCUT2D eigenvalue weighted by Gasteiger charge is -2.24. The number of benzene rings is 1. The van der Waals surface area contributed by atoms with Crippen LogP contribution in [0.3, 0.4) is 0 Å². The largest absolute Gasteiger partial charge is 0.388 e. The van der Waals surface area contributed by atoms with E-state index in [1.165, 1.54) is 12.0 Å². The minimum Gasteiger partial charge on any atom is -0.388 e. The highest BCUT2D eigenvalue weighted by atomic mass is 16.5. The Morgan fingerprint density at radius 2 is 2.29 bits per heavy atom. The maximum absolute atomic E-state index is 10.5. The first kappa shape index (κ1) is 11.2. The Balaban J connectivity index is 1.79. The third-order valence-electron chi connectivity index (χ3n) is 4.26. The Kier molecular flexibility index (Phi) is 2.93. The highest BCUT2D eigenvalue weighted by molar-refractivity contribution is 5.26. The Hall–Kier alpha value is -0.860. The third-order valence-corrected chi connectivity index (χ3v) is 4.26. The summed E-state index contributed by atoms with van der Waals surface area (Å²) < 4.78 is 5.82. The zero-order chi connectivity index (χ0) is 11.8. The summed E-state index contributed by atoms with van der Waals surface area (Å²) in [5.74, 6) is 0.306. The van der Waals surface area contributed by atoms with E-state index >= 15 is 0 Å². The number of ether oxygens (including phenoxy) is 1. The summed E-state index contributed by atoms with van der Waals surface area (Å²) in [6.45, 7) is 2.14. The molecule has 1 aromatic carbocycles. The van der Waals surface area contributed by atoms with Crippen LogP contribution in [0.15, 0.2) is 24.3 Å². The second-order valence-corrected chi connectivity index (χ2v) is 5.32. The summed E-state index contributed by atoms with van der Waals surface area (Å²) in [6.07, 6.45) is 4.71. The number of hydrogen-bond acceptors (Lipinski definition) is 2. The molecular weight excluding hydrogens is 212 g/mol. The molecule has 2 aliphatic rings. The van der Waals surface area contributed by atoms with Crippen molar-refractivity contribution < 1.29 is 9.84 Å². The van der Waals surface area contributed by atoms with Crippen LogP contribution in [-0.4, -0.2) is 17.3 Å². The maximum atomic E-state index is 10.5. The minimum atomic E-state index is -0.350. The normalized spacial score (nSPS) is 32.9. The molecule has 2 nitrogen and oxygen atoms in total. The molecule has 0 radical (unpaired) electrons. The van der Waals surface area contributed by atoms with Crippen molar-refractivity contribution >= 4 is 0 Å². The molecule has 0 saturated carbocycles. The molecule has 3 rings (SSSR count). The average Bonchev–Trinajstić information content (AvgIpc) is 3.00. The lowest BCUT2D eigenvalue weighted by Crippen LogP contribution is -2.23. The molecule has 2 aliphatic heterocycles. The smallest absolute Gasteiger partial charge is 0.0844 e. The summed E-state index contributed by atoms with van der Waals surface area (Å²) in [6, 6.07) is 8.34. The number of aryl methyl sites for hydroxylation is 1. The molecule has 2 heterocycles. The van der Waals surface area contributed by atoms with Crippen LogP contribution in [0.1, 0.15) is 43.4 Å². The van der Waals surface area contributed by atoms with Crippen molar-refractivity contribution in [3.63, 3.8) is 0 Å². The number of rotatable bonds is 3. The van der Waals surface area contributed by atoms with Crippen LogP contribution in [0.5, 0.6) is 0 Å². The van der Waals surface area contributed by atoms with Crippen LogP contribution in [0.2, 0.25) is 0 Å². The topological polar surface area (TPSA) is 29.5 Å². The first-order valence-corrected chi connectivity index (χ1v) is 6.70. The zero-order valence-electron chi connectivity index (χ0n) is 10.3. The molecule has 2 fully saturated rings. The molecular formula is C15H20O2. The molecule has 1 N–H and O–H groups in total. The van der Waals surface area contributed by atoms with Crippen molar-refractivity contribution in [1.29, 1.82) is 0 Å². The maximum Gasteiger partial charge on any atom is 0.0844 e. The van der Waals surface area contributed by atoms with Crippen molar-refractivity contribution in [2.24, 2.45) is 5.92 Å². The van der Waals surface area contributed by atoms with E-state index in [0.717, 1.165) is 24.8 Å². The van der Waals surface area contributed by atoms with Gasteiger partial charge in [-0.3, -0.25) is 0 Å². The Labute approximate surface area is 103 Å². The molecule has 0 aliphatic carbocycles. The zero-order valence-corrected chi connectivity index (χ0v) is 10.3. The molecule has 0 aromatic heterocycles. The van der Waals surface area contributed by atoms with E-state index in [2.05, 4.69) is 19.1 Å². The predicted molar refractivity (Wildman–Crippen MR) is 66.8 cm³/mol. The number of aliphatic hydroxyl groups excluding tert-OH is 1. The fourth-order valence-electron chi connectivity index (χ4n) is 3.25. The van der Waals surface area contributed by atoms with Crippen molar-refractivity contribution in [2.45, 2.75) is 50.9 Å². The first-order chi connectivity index (χ1) is 8.28. The van der Waals surface area contributed by atoms with E-state index in [0.29, 0.717) is 18.1 Å². The van der Waals surface area contributed by atoms with Crippen molar-refractivity contribution in [3.05, 3.63) is 35.4 Å². The minimum absolute atomic E-state index is 0.292. The molecule has 0 spiro atoms. The van der Waals surface area contributed by atoms with Gasteiger partial charge in [0.15, 0.2) is 0 Å². The predicted octanol–water partition coefficient (Wildman–Crippen LogP) is 2.85. The van der Waals surface area contributed by atoms with Gasteiger partial charge < -0.3 is 9.84 Å². The van der Waals surface area contributed by atoms with Gasteiger partial charge >= 0.3 is 0 Å². The van der Waals surface area contributed by atoms with Crippen LogP contribution in [-0.2, 0) is 11.2 Å². The SMILES string of the molecule is CCc1cccc(C(O)C2CC3CCC2O3)c1. The molecule has 2 bridgehead atoms. The van der Waals surface area contributed by atoms with Gasteiger partial charge in [0.1, 0.15) is 0 Å². The number of aliphatic hydroxyl groups is 1. The van der Waals surface area contributed by atoms with Crippen LogP contribution in [0.25, 0.3) is 0 Å². The number of hydrogen-bond donors (Lipinski definition) is 1. The van der Waals surface area contributed by atoms with Crippen LogP contribution in [0.4, 0.5) is 0 Å². The summed E-state index contributed by atoms with van der Waals surface area (Å²) in [7, 11) is 0. The molecule has 2 heteroatoms. The van der Waals surface area contributed by atoms with Gasteiger partial charge in [0.2, 0.25) is 0 Å². The van der Waals surface area contributed by atoms with E-state index in [9.17, 15) is 5.11 Å². The van der Waals surface area contributed by atoms with Crippen molar-refractivity contribution in [2.75, 3.05) is 0 Å². The fourth-order valence-corrected chi connectivity index (χ4v) is 3.25. The molecule has 2 saturated heterocycles. The lowest BCUT2D eigenvalue weighted by atomic mass is 9.82. The van der Waals surface area contributed by atoms with Crippen molar-refractivity contribution in [3.8, 4) is 0 Å². The van der Waals surface area contributed by atoms with E-state index in [1.807, 2.05) is 12.1 Å². The lowest BCUT2D eigenvalue weighted by molar-refractivity contribution is 0.0422. The molecule has 92 valence electrons. The fraction of sp³-hybridized carbons (Fsp3) is 0.600. The summed E-state index contributed by atoms with van der Waals surface area (Å²) in [4.78, 5) is 0. The highest BCUT2D eigenvalue weighted by Crippen LogP contribution is 2.44. The van der Waals surface area contributed by atoms with Gasteiger partial charge in [-0.05, 0) is 36.8 Å². The van der Waals surface area contributed by atoms with Crippen LogP contribution >= 0.6 is 0 Å². The van der Waals surface area contributed by atoms with Gasteiger partial charge in [0.25, 0.3) is 0 Å². The van der Waals surface area contributed by atoms with Gasteiger partial charge in [-0.1, -0.05) is 31.2 Å². The number of fused-ring (bicyclic) bond motifs is 2. The van der Waals surface area contributed by atoms with Gasteiger partial charge in [-0.25, -0.2) is 0 Å². The Morgan fingerprint density at radius 1 is 1.41 bits per heavy atom. The highest BCUT2D eigenvalue weighted by Gasteiger charge is 2.44. The van der Waals surface area contributed by atoms with Gasteiger partial charge in [0, 0.05) is 5.92 Å². The Bertz CT molecular complexity index is 402. The second-order valence-electron chi connectivity index (χ2n) is 5.32. The molecule has 0 amide bonds. The quantitative estimate of drug-likeness (QED) is 0.868. The van der Waals surface area contributed by atoms with E-state index < -0.39 is 0 Å². The van der Waals surface area contributed by atoms with E-state index in [4.69, 9.17) is 4.74 Å². The van der Waals surface area contributed by atoms with Gasteiger partial charge in [-0.2, -0.15) is 0 Å². The summed E-state index contributed by atoms with van der Waals surface area (Å²) in [5, 5.41) is 10.5. The third kappa shape index (κ3) is 2.00. The molecule has 4 unspecified atom stereocenters. The first-order valence-electron chi connectivity index (χ1n) is 6.70. The van der Waals surface area contributed by atoms with Crippen LogP contribution < -0.4 is 0 Å². The monoisotopic (exact) mass is 232 g/mol. The summed E-state index contributed by atoms with van der Waals surface area (Å²) >= 11 is 0. The molecule has 4 atom stereocenters. The van der Waals surface area contributed by atoms with E-state index in [-0.39, 0.29) is 6.10 Å². The second kappa shape index (κ2) is 4.43. The van der Waals surface area contributed by atoms with Gasteiger partial charge in [0.05, 0.1) is 18.3 Å². The van der Waals surface area contributed by atoms with E-state index in [1.54, 1.807) is 0 Å². The summed E-state index contributed by atoms with van der Waals surface area (Å²) in [5.41, 5.74) is 2.36.